The van der Waals surface area contributed by atoms with Gasteiger partial charge in [-0.15, -0.1) is 0 Å². The molecule has 20 heavy (non-hydrogen) atoms. The summed E-state index contributed by atoms with van der Waals surface area (Å²) in [4.78, 5) is 14.3. The van der Waals surface area contributed by atoms with Crippen LogP contribution in [0.3, 0.4) is 0 Å². The van der Waals surface area contributed by atoms with Crippen molar-refractivity contribution in [1.29, 1.82) is 0 Å². The van der Waals surface area contributed by atoms with Gasteiger partial charge in [0.1, 0.15) is 0 Å². The van der Waals surface area contributed by atoms with Crippen LogP contribution in [0, 0.1) is 20.8 Å². The summed E-state index contributed by atoms with van der Waals surface area (Å²) in [5, 5.41) is 0. The largest absolute Gasteiger partial charge is 0.399 e. The van der Waals surface area contributed by atoms with Crippen LogP contribution in [0.5, 0.6) is 0 Å². The minimum atomic E-state index is -0.00870. The van der Waals surface area contributed by atoms with E-state index in [1.807, 2.05) is 51.1 Å². The van der Waals surface area contributed by atoms with E-state index in [4.69, 9.17) is 5.73 Å². The molecule has 0 heterocycles. The van der Waals surface area contributed by atoms with Crippen LogP contribution in [0.4, 0.5) is 11.4 Å². The van der Waals surface area contributed by atoms with Gasteiger partial charge in [-0.05, 0) is 50.1 Å². The van der Waals surface area contributed by atoms with Gasteiger partial charge in [0.15, 0.2) is 0 Å². The molecular weight excluding hydrogens is 248 g/mol. The fraction of sp³-hybridized carbons (Fsp3) is 0.235. The van der Waals surface area contributed by atoms with Crippen molar-refractivity contribution in [3.05, 3.63) is 58.7 Å². The summed E-state index contributed by atoms with van der Waals surface area (Å²) in [6.07, 6.45) is 0. The highest BCUT2D eigenvalue weighted by Crippen LogP contribution is 2.22. The quantitative estimate of drug-likeness (QED) is 0.848. The van der Waals surface area contributed by atoms with Crippen molar-refractivity contribution in [3.8, 4) is 0 Å². The van der Waals surface area contributed by atoms with E-state index in [2.05, 4.69) is 0 Å². The zero-order valence-electron chi connectivity index (χ0n) is 12.4. The summed E-state index contributed by atoms with van der Waals surface area (Å²) in [7, 11) is 1.77. The van der Waals surface area contributed by atoms with Crippen LogP contribution in [-0.4, -0.2) is 13.0 Å². The Balaban J connectivity index is 2.41. The molecule has 3 heteroatoms. The van der Waals surface area contributed by atoms with E-state index in [0.29, 0.717) is 5.69 Å². The Morgan fingerprint density at radius 1 is 1.05 bits per heavy atom. The molecule has 0 spiro atoms. The van der Waals surface area contributed by atoms with Gasteiger partial charge in [0.25, 0.3) is 5.91 Å². The number of hydrogen-bond acceptors (Lipinski definition) is 2. The number of nitrogens with zero attached hydrogens (tertiary/aromatic N) is 1. The number of carbonyl (C=O) groups is 1. The van der Waals surface area contributed by atoms with Crippen LogP contribution in [0.15, 0.2) is 36.4 Å². The second-order valence-corrected chi connectivity index (χ2v) is 5.23. The van der Waals surface area contributed by atoms with Crippen molar-refractivity contribution in [2.24, 2.45) is 0 Å². The van der Waals surface area contributed by atoms with Crippen LogP contribution in [0.2, 0.25) is 0 Å². The molecule has 0 aliphatic carbocycles. The highest BCUT2D eigenvalue weighted by molar-refractivity contribution is 6.07. The Morgan fingerprint density at radius 3 is 2.20 bits per heavy atom. The Hall–Kier alpha value is -2.29. The maximum Gasteiger partial charge on any atom is 0.258 e. The summed E-state index contributed by atoms with van der Waals surface area (Å²) in [6, 6.07) is 11.4. The molecule has 104 valence electrons. The minimum Gasteiger partial charge on any atom is -0.399 e. The first-order valence-electron chi connectivity index (χ1n) is 6.61. The molecule has 3 nitrogen and oxygen atoms in total. The fourth-order valence-electron chi connectivity index (χ4n) is 2.54. The summed E-state index contributed by atoms with van der Waals surface area (Å²) in [5.74, 6) is -0.00870. The van der Waals surface area contributed by atoms with E-state index in [9.17, 15) is 4.79 Å². The van der Waals surface area contributed by atoms with Crippen LogP contribution in [0.1, 0.15) is 27.0 Å². The summed E-state index contributed by atoms with van der Waals surface area (Å²) in [6.45, 7) is 5.98. The predicted octanol–water partition coefficient (Wildman–Crippen LogP) is 3.47. The summed E-state index contributed by atoms with van der Waals surface area (Å²) in [5.41, 5.74) is 11.2. The maximum atomic E-state index is 12.7. The lowest BCUT2D eigenvalue weighted by Crippen LogP contribution is -2.27. The fourth-order valence-corrected chi connectivity index (χ4v) is 2.54. The zero-order chi connectivity index (χ0) is 14.9. The number of nitrogen functional groups attached to an aromatic ring is 1. The van der Waals surface area contributed by atoms with Crippen molar-refractivity contribution in [2.45, 2.75) is 20.8 Å². The third-order valence-electron chi connectivity index (χ3n) is 3.45. The molecule has 2 rings (SSSR count). The number of amides is 1. The van der Waals surface area contributed by atoms with Gasteiger partial charge in [-0.3, -0.25) is 4.79 Å². The normalized spacial score (nSPS) is 10.4. The van der Waals surface area contributed by atoms with Gasteiger partial charge < -0.3 is 10.6 Å². The second-order valence-electron chi connectivity index (χ2n) is 5.23. The smallest absolute Gasteiger partial charge is 0.258 e. The van der Waals surface area contributed by atoms with Gasteiger partial charge in [-0.1, -0.05) is 23.8 Å². The minimum absolute atomic E-state index is 0.00870. The molecule has 1 amide bonds. The van der Waals surface area contributed by atoms with E-state index >= 15 is 0 Å². The zero-order valence-corrected chi connectivity index (χ0v) is 12.4. The molecular formula is C17H20N2O. The van der Waals surface area contributed by atoms with E-state index in [-0.39, 0.29) is 5.91 Å². The standard InChI is InChI=1S/C17H20N2O/c1-11-8-12(2)16(13(3)9-11)17(20)19(4)15-7-5-6-14(18)10-15/h5-10H,18H2,1-4H3. The molecule has 2 aromatic carbocycles. The second kappa shape index (κ2) is 5.37. The van der Waals surface area contributed by atoms with Crippen molar-refractivity contribution in [1.82, 2.24) is 0 Å². The highest BCUT2D eigenvalue weighted by atomic mass is 16.2. The first kappa shape index (κ1) is 14.1. The van der Waals surface area contributed by atoms with E-state index < -0.39 is 0 Å². The van der Waals surface area contributed by atoms with Gasteiger partial charge >= 0.3 is 0 Å². The lowest BCUT2D eigenvalue weighted by atomic mass is 9.98. The number of aryl methyl sites for hydroxylation is 3. The van der Waals surface area contributed by atoms with E-state index in [0.717, 1.165) is 22.4 Å². The van der Waals surface area contributed by atoms with Gasteiger partial charge in [-0.2, -0.15) is 0 Å². The molecule has 0 saturated heterocycles. The molecule has 0 aliphatic rings. The molecule has 0 saturated carbocycles. The molecule has 0 bridgehead atoms. The average molecular weight is 268 g/mol. The average Bonchev–Trinajstić information content (AvgIpc) is 2.36. The van der Waals surface area contributed by atoms with E-state index in [1.165, 1.54) is 5.56 Å². The Morgan fingerprint density at radius 2 is 1.65 bits per heavy atom. The molecule has 0 atom stereocenters. The molecule has 0 unspecified atom stereocenters. The first-order chi connectivity index (χ1) is 9.40. The highest BCUT2D eigenvalue weighted by Gasteiger charge is 2.18. The van der Waals surface area contributed by atoms with Gasteiger partial charge in [-0.25, -0.2) is 0 Å². The first-order valence-corrected chi connectivity index (χ1v) is 6.61. The van der Waals surface area contributed by atoms with Gasteiger partial charge in [0.2, 0.25) is 0 Å². The van der Waals surface area contributed by atoms with Crippen LogP contribution in [0.25, 0.3) is 0 Å². The summed E-state index contributed by atoms with van der Waals surface area (Å²) < 4.78 is 0. The topological polar surface area (TPSA) is 46.3 Å². The number of nitrogens with two attached hydrogens (primary N) is 1. The third kappa shape index (κ3) is 2.67. The molecule has 0 fully saturated rings. The van der Waals surface area contributed by atoms with Crippen molar-refractivity contribution in [2.75, 3.05) is 17.7 Å². The lowest BCUT2D eigenvalue weighted by molar-refractivity contribution is 0.0992. The Bertz CT molecular complexity index is 639. The van der Waals surface area contributed by atoms with Crippen molar-refractivity contribution < 1.29 is 4.79 Å². The SMILES string of the molecule is Cc1cc(C)c(C(=O)N(C)c2cccc(N)c2)c(C)c1. The van der Waals surface area contributed by atoms with Crippen molar-refractivity contribution in [3.63, 3.8) is 0 Å². The van der Waals surface area contributed by atoms with Crippen molar-refractivity contribution >= 4 is 17.3 Å². The van der Waals surface area contributed by atoms with Crippen LogP contribution in [-0.2, 0) is 0 Å². The molecule has 2 N–H and O–H groups in total. The molecule has 0 aliphatic heterocycles. The monoisotopic (exact) mass is 268 g/mol. The van der Waals surface area contributed by atoms with Gasteiger partial charge in [0, 0.05) is 24.0 Å². The van der Waals surface area contributed by atoms with E-state index in [1.54, 1.807) is 18.0 Å². The lowest BCUT2D eigenvalue weighted by Gasteiger charge is -2.20. The number of anilines is 2. The number of carbonyl (C=O) groups excluding carboxylic acids is 1. The Labute approximate surface area is 120 Å². The van der Waals surface area contributed by atoms with Crippen LogP contribution < -0.4 is 10.6 Å². The van der Waals surface area contributed by atoms with Gasteiger partial charge in [0.05, 0.1) is 0 Å². The molecule has 2 aromatic rings. The maximum absolute atomic E-state index is 12.7. The Kier molecular flexibility index (Phi) is 3.79. The molecule has 0 radical (unpaired) electrons. The number of rotatable bonds is 2. The summed E-state index contributed by atoms with van der Waals surface area (Å²) >= 11 is 0. The number of benzene rings is 2. The number of hydrogen-bond donors (Lipinski definition) is 1. The predicted molar refractivity (Wildman–Crippen MR) is 84.2 cm³/mol. The van der Waals surface area contributed by atoms with Crippen LogP contribution >= 0.6 is 0 Å². The molecule has 0 aromatic heterocycles. The third-order valence-corrected chi connectivity index (χ3v) is 3.45.